The van der Waals surface area contributed by atoms with E-state index in [2.05, 4.69) is 52.1 Å². The molecule has 4 rings (SSSR count). The van der Waals surface area contributed by atoms with Crippen molar-refractivity contribution in [3.63, 3.8) is 0 Å². The van der Waals surface area contributed by atoms with Gasteiger partial charge in [0, 0.05) is 38.5 Å². The van der Waals surface area contributed by atoms with Crippen LogP contribution in [0.4, 0.5) is 0 Å². The molecule has 0 spiro atoms. The smallest absolute Gasteiger partial charge is 0.217 e. The van der Waals surface area contributed by atoms with Gasteiger partial charge in [-0.15, -0.1) is 0 Å². The summed E-state index contributed by atoms with van der Waals surface area (Å²) in [5.41, 5.74) is 2.17. The van der Waals surface area contributed by atoms with E-state index in [9.17, 15) is 4.79 Å². The van der Waals surface area contributed by atoms with Crippen molar-refractivity contribution in [2.75, 3.05) is 26.2 Å². The topological polar surface area (TPSA) is 62.2 Å². The third kappa shape index (κ3) is 3.01. The van der Waals surface area contributed by atoms with Crippen molar-refractivity contribution in [1.82, 2.24) is 25.1 Å². The van der Waals surface area contributed by atoms with Crippen LogP contribution in [0.3, 0.4) is 0 Å². The molecule has 0 unspecified atom stereocenters. The summed E-state index contributed by atoms with van der Waals surface area (Å²) >= 11 is 0. The first kappa shape index (κ1) is 17.5. The Kier molecular flexibility index (Phi) is 4.49. The van der Waals surface area contributed by atoms with Crippen LogP contribution in [0.25, 0.3) is 11.0 Å². The Labute approximate surface area is 155 Å². The molecule has 6 nitrogen and oxygen atoms in total. The van der Waals surface area contributed by atoms with Gasteiger partial charge in [-0.05, 0) is 38.9 Å². The van der Waals surface area contributed by atoms with E-state index in [1.54, 1.807) is 6.92 Å². The van der Waals surface area contributed by atoms with Crippen LogP contribution in [0.5, 0.6) is 0 Å². The van der Waals surface area contributed by atoms with Crippen LogP contribution in [0, 0.1) is 5.92 Å². The zero-order valence-electron chi connectivity index (χ0n) is 16.0. The Morgan fingerprint density at radius 2 is 2.23 bits per heavy atom. The summed E-state index contributed by atoms with van der Waals surface area (Å²) in [6.45, 7) is 10.7. The van der Waals surface area contributed by atoms with E-state index >= 15 is 0 Å². The second-order valence-corrected chi connectivity index (χ2v) is 8.14. The van der Waals surface area contributed by atoms with Gasteiger partial charge in [0.25, 0.3) is 0 Å². The van der Waals surface area contributed by atoms with Gasteiger partial charge in [0.2, 0.25) is 5.91 Å². The zero-order valence-corrected chi connectivity index (χ0v) is 16.0. The molecule has 3 heterocycles. The van der Waals surface area contributed by atoms with Gasteiger partial charge < -0.3 is 15.2 Å². The van der Waals surface area contributed by atoms with Gasteiger partial charge >= 0.3 is 0 Å². The molecule has 6 heteroatoms. The number of para-hydroxylation sites is 2. The Balaban J connectivity index is 1.61. The van der Waals surface area contributed by atoms with Crippen LogP contribution >= 0.6 is 0 Å². The lowest BCUT2D eigenvalue weighted by molar-refractivity contribution is -0.121. The number of fused-ring (bicyclic) bond motifs is 2. The van der Waals surface area contributed by atoms with Gasteiger partial charge in [-0.2, -0.15) is 0 Å². The average molecular weight is 355 g/mol. The number of aromatic nitrogens is 2. The highest BCUT2D eigenvalue weighted by Crippen LogP contribution is 2.34. The maximum absolute atomic E-state index is 11.8. The van der Waals surface area contributed by atoms with Gasteiger partial charge in [-0.25, -0.2) is 4.98 Å². The van der Waals surface area contributed by atoms with Crippen molar-refractivity contribution in [2.24, 2.45) is 5.92 Å². The standard InChI is InChI=1S/C20H29N5O/c1-14(2)25-18-7-5-4-6-17(18)22-19(25)12-24-11-16-10-21-9-8-20(16,13-24)23-15(3)26/h4-7,14,16,21H,8-13H2,1-3H3,(H,23,26)/t16-,20-/m1/s1. The van der Waals surface area contributed by atoms with Gasteiger partial charge in [-0.3, -0.25) is 9.69 Å². The number of nitrogens with zero attached hydrogens (tertiary/aromatic N) is 3. The molecule has 1 aromatic heterocycles. The minimum absolute atomic E-state index is 0.0770. The third-order valence-corrected chi connectivity index (χ3v) is 5.88. The first-order chi connectivity index (χ1) is 12.5. The van der Waals surface area contributed by atoms with E-state index in [4.69, 9.17) is 4.98 Å². The number of rotatable bonds is 4. The van der Waals surface area contributed by atoms with Crippen LogP contribution < -0.4 is 10.6 Å². The highest BCUT2D eigenvalue weighted by atomic mass is 16.1. The summed E-state index contributed by atoms with van der Waals surface area (Å²) in [5.74, 6) is 1.65. The van der Waals surface area contributed by atoms with Crippen molar-refractivity contribution in [2.45, 2.75) is 45.3 Å². The second-order valence-electron chi connectivity index (χ2n) is 8.14. The predicted octanol–water partition coefficient (Wildman–Crippen LogP) is 1.92. The molecule has 0 aliphatic carbocycles. The molecular weight excluding hydrogens is 326 g/mol. The largest absolute Gasteiger partial charge is 0.349 e. The zero-order chi connectivity index (χ0) is 18.3. The summed E-state index contributed by atoms with van der Waals surface area (Å²) in [6.07, 6.45) is 0.994. The van der Waals surface area contributed by atoms with E-state index in [0.717, 1.165) is 50.5 Å². The van der Waals surface area contributed by atoms with Crippen molar-refractivity contribution >= 4 is 16.9 Å². The SMILES string of the molecule is CC(=O)N[C@@]12CCNC[C@@H]1CN(Cc1nc3ccccc3n1C(C)C)C2. The molecule has 1 aromatic carbocycles. The Morgan fingerprint density at radius 1 is 1.42 bits per heavy atom. The monoisotopic (exact) mass is 355 g/mol. The fraction of sp³-hybridized carbons (Fsp3) is 0.600. The molecule has 2 N–H and O–H groups in total. The van der Waals surface area contributed by atoms with Crippen LogP contribution in [-0.2, 0) is 11.3 Å². The molecule has 1 amide bonds. The molecule has 2 aromatic rings. The molecule has 26 heavy (non-hydrogen) atoms. The summed E-state index contributed by atoms with van der Waals surface area (Å²) in [7, 11) is 0. The molecule has 2 aliphatic heterocycles. The van der Waals surface area contributed by atoms with Crippen molar-refractivity contribution in [1.29, 1.82) is 0 Å². The fourth-order valence-corrected chi connectivity index (χ4v) is 4.87. The van der Waals surface area contributed by atoms with Gasteiger partial charge in [0.15, 0.2) is 0 Å². The first-order valence-electron chi connectivity index (χ1n) is 9.66. The molecule has 2 aliphatic rings. The Morgan fingerprint density at radius 3 is 3.00 bits per heavy atom. The normalized spacial score (nSPS) is 26.4. The lowest BCUT2D eigenvalue weighted by Gasteiger charge is -2.39. The van der Waals surface area contributed by atoms with Crippen LogP contribution in [-0.4, -0.2) is 52.1 Å². The highest BCUT2D eigenvalue weighted by Gasteiger charge is 2.48. The minimum Gasteiger partial charge on any atom is -0.349 e. The molecule has 0 radical (unpaired) electrons. The molecule has 2 atom stereocenters. The molecule has 2 saturated heterocycles. The van der Waals surface area contributed by atoms with E-state index in [-0.39, 0.29) is 11.4 Å². The van der Waals surface area contributed by atoms with Crippen molar-refractivity contribution in [3.05, 3.63) is 30.1 Å². The lowest BCUT2D eigenvalue weighted by atomic mass is 9.81. The molecule has 0 saturated carbocycles. The number of likely N-dealkylation sites (tertiary alicyclic amines) is 1. The fourth-order valence-electron chi connectivity index (χ4n) is 4.87. The molecule has 0 bridgehead atoms. The number of benzene rings is 1. The summed E-state index contributed by atoms with van der Waals surface area (Å²) < 4.78 is 2.35. The third-order valence-electron chi connectivity index (χ3n) is 5.88. The summed E-state index contributed by atoms with van der Waals surface area (Å²) in [4.78, 5) is 19.2. The average Bonchev–Trinajstić information content (AvgIpc) is 3.11. The van der Waals surface area contributed by atoms with Crippen molar-refractivity contribution in [3.8, 4) is 0 Å². The minimum atomic E-state index is -0.0915. The molecule has 2 fully saturated rings. The maximum Gasteiger partial charge on any atom is 0.217 e. The van der Waals surface area contributed by atoms with Crippen LogP contribution in [0.2, 0.25) is 0 Å². The van der Waals surface area contributed by atoms with E-state index < -0.39 is 0 Å². The Hall–Kier alpha value is -1.92. The highest BCUT2D eigenvalue weighted by molar-refractivity contribution is 5.76. The predicted molar refractivity (Wildman–Crippen MR) is 103 cm³/mol. The molecule has 140 valence electrons. The number of amides is 1. The van der Waals surface area contributed by atoms with Crippen LogP contribution in [0.15, 0.2) is 24.3 Å². The van der Waals surface area contributed by atoms with Gasteiger partial charge in [-0.1, -0.05) is 12.1 Å². The van der Waals surface area contributed by atoms with Gasteiger partial charge in [0.05, 0.1) is 23.1 Å². The summed E-state index contributed by atoms with van der Waals surface area (Å²) in [5, 5.41) is 6.78. The maximum atomic E-state index is 11.8. The number of imidazole rings is 1. The van der Waals surface area contributed by atoms with E-state index in [1.165, 1.54) is 5.52 Å². The number of carbonyl (C=O) groups is 1. The quantitative estimate of drug-likeness (QED) is 0.880. The van der Waals surface area contributed by atoms with Gasteiger partial charge in [0.1, 0.15) is 5.82 Å². The first-order valence-corrected chi connectivity index (χ1v) is 9.66. The second kappa shape index (κ2) is 6.67. The van der Waals surface area contributed by atoms with Crippen molar-refractivity contribution < 1.29 is 4.79 Å². The lowest BCUT2D eigenvalue weighted by Crippen LogP contribution is -2.60. The number of hydrogen-bond donors (Lipinski definition) is 2. The number of nitrogens with one attached hydrogen (secondary N) is 2. The number of carbonyl (C=O) groups excluding carboxylic acids is 1. The molecular formula is C20H29N5O. The van der Waals surface area contributed by atoms with Crippen LogP contribution in [0.1, 0.15) is 39.1 Å². The summed E-state index contributed by atoms with van der Waals surface area (Å²) in [6, 6.07) is 8.73. The number of piperidine rings is 1. The Bertz CT molecular complexity index is 814. The number of hydrogen-bond acceptors (Lipinski definition) is 4. The van der Waals surface area contributed by atoms with E-state index in [0.29, 0.717) is 12.0 Å². The van der Waals surface area contributed by atoms with E-state index in [1.807, 2.05) is 6.07 Å².